The van der Waals surface area contributed by atoms with Crippen molar-refractivity contribution in [2.45, 2.75) is 38.6 Å². The summed E-state index contributed by atoms with van der Waals surface area (Å²) in [7, 11) is -3.07. The van der Waals surface area contributed by atoms with Crippen molar-refractivity contribution in [3.8, 4) is 0 Å². The van der Waals surface area contributed by atoms with E-state index >= 15 is 0 Å². The Morgan fingerprint density at radius 1 is 1.28 bits per heavy atom. The zero-order chi connectivity index (χ0) is 13.2. The maximum atomic E-state index is 12.1. The summed E-state index contributed by atoms with van der Waals surface area (Å²) in [5, 5.41) is 0. The van der Waals surface area contributed by atoms with E-state index in [0.29, 0.717) is 18.9 Å². The minimum absolute atomic E-state index is 0.0731. The van der Waals surface area contributed by atoms with Crippen LogP contribution < -0.4 is 0 Å². The van der Waals surface area contributed by atoms with Crippen LogP contribution >= 0.6 is 0 Å². The molecule has 1 aromatic carbocycles. The van der Waals surface area contributed by atoms with Gasteiger partial charge in [0.1, 0.15) is 0 Å². The van der Waals surface area contributed by atoms with Gasteiger partial charge in [0.05, 0.1) is 5.75 Å². The Bertz CT molecular complexity index is 484. The molecule has 0 amide bonds. The molecule has 0 aliphatic carbocycles. The summed E-state index contributed by atoms with van der Waals surface area (Å²) in [6, 6.07) is 10.3. The Balaban J connectivity index is 2.18. The highest BCUT2D eigenvalue weighted by Crippen LogP contribution is 2.34. The van der Waals surface area contributed by atoms with Gasteiger partial charge in [0.15, 0.2) is 0 Å². The first kappa shape index (κ1) is 13.6. The normalized spacial score (nSPS) is 25.4. The molecule has 0 spiro atoms. The quantitative estimate of drug-likeness (QED) is 0.841. The zero-order valence-corrected chi connectivity index (χ0v) is 11.9. The first-order valence-corrected chi connectivity index (χ1v) is 8.21. The van der Waals surface area contributed by atoms with E-state index < -0.39 is 10.0 Å². The lowest BCUT2D eigenvalue weighted by molar-refractivity contribution is 0.393. The zero-order valence-electron chi connectivity index (χ0n) is 11.0. The van der Waals surface area contributed by atoms with E-state index in [1.807, 2.05) is 32.0 Å². The molecule has 1 aliphatic heterocycles. The predicted molar refractivity (Wildman–Crippen MR) is 74.0 cm³/mol. The largest absolute Gasteiger partial charge is 0.214 e. The molecular formula is C14H21NO2S. The third-order valence-corrected chi connectivity index (χ3v) is 5.90. The van der Waals surface area contributed by atoms with E-state index in [2.05, 4.69) is 12.1 Å². The van der Waals surface area contributed by atoms with Crippen LogP contribution in [0.1, 0.15) is 38.2 Å². The molecule has 2 rings (SSSR count). The molecule has 3 nitrogen and oxygen atoms in total. The third kappa shape index (κ3) is 2.59. The van der Waals surface area contributed by atoms with Gasteiger partial charge in [0.25, 0.3) is 0 Å². The van der Waals surface area contributed by atoms with Crippen LogP contribution in [0.3, 0.4) is 0 Å². The number of nitrogens with zero attached hydrogens (tertiary/aromatic N) is 1. The van der Waals surface area contributed by atoms with Crippen LogP contribution in [0, 0.1) is 0 Å². The fourth-order valence-corrected chi connectivity index (χ4v) is 4.61. The van der Waals surface area contributed by atoms with Gasteiger partial charge < -0.3 is 0 Å². The summed E-state index contributed by atoms with van der Waals surface area (Å²) in [6.07, 6.45) is 1.61. The van der Waals surface area contributed by atoms with Crippen molar-refractivity contribution in [2.75, 3.05) is 12.3 Å². The Kier molecular flexibility index (Phi) is 4.07. The molecule has 2 unspecified atom stereocenters. The molecule has 1 aromatic rings. The number of sulfonamides is 1. The van der Waals surface area contributed by atoms with Gasteiger partial charge in [-0.05, 0) is 25.3 Å². The monoisotopic (exact) mass is 267 g/mol. The predicted octanol–water partition coefficient (Wildman–Crippen LogP) is 2.60. The summed E-state index contributed by atoms with van der Waals surface area (Å²) < 4.78 is 26.0. The third-order valence-electron chi connectivity index (χ3n) is 3.74. The van der Waals surface area contributed by atoms with Gasteiger partial charge in [0, 0.05) is 18.5 Å². The van der Waals surface area contributed by atoms with E-state index in [0.717, 1.165) is 6.42 Å². The van der Waals surface area contributed by atoms with Crippen LogP contribution in [-0.2, 0) is 10.0 Å². The lowest BCUT2D eigenvalue weighted by atomic mass is 9.93. The smallest absolute Gasteiger partial charge is 0.212 e. The van der Waals surface area contributed by atoms with Crippen molar-refractivity contribution >= 4 is 10.0 Å². The van der Waals surface area contributed by atoms with E-state index in [-0.39, 0.29) is 11.8 Å². The Morgan fingerprint density at radius 2 is 1.94 bits per heavy atom. The van der Waals surface area contributed by atoms with Crippen molar-refractivity contribution < 1.29 is 8.42 Å². The maximum absolute atomic E-state index is 12.1. The molecule has 1 heterocycles. The van der Waals surface area contributed by atoms with Crippen LogP contribution in [0.15, 0.2) is 30.3 Å². The van der Waals surface area contributed by atoms with Gasteiger partial charge in [-0.15, -0.1) is 0 Å². The highest BCUT2D eigenvalue weighted by molar-refractivity contribution is 7.89. The molecule has 0 N–H and O–H groups in total. The van der Waals surface area contributed by atoms with Gasteiger partial charge in [-0.3, -0.25) is 0 Å². The lowest BCUT2D eigenvalue weighted by Gasteiger charge is -2.24. The first-order valence-electron chi connectivity index (χ1n) is 6.60. The molecule has 2 atom stereocenters. The van der Waals surface area contributed by atoms with Gasteiger partial charge >= 0.3 is 0 Å². The molecule has 0 aromatic heterocycles. The van der Waals surface area contributed by atoms with E-state index in [1.54, 1.807) is 4.31 Å². The highest BCUT2D eigenvalue weighted by atomic mass is 32.2. The first-order chi connectivity index (χ1) is 8.56. The average molecular weight is 267 g/mol. The van der Waals surface area contributed by atoms with Crippen molar-refractivity contribution in [2.24, 2.45) is 0 Å². The van der Waals surface area contributed by atoms with Gasteiger partial charge in [-0.25, -0.2) is 8.42 Å². The second-order valence-electron chi connectivity index (χ2n) is 4.97. The topological polar surface area (TPSA) is 37.4 Å². The molecule has 0 saturated carbocycles. The van der Waals surface area contributed by atoms with E-state index in [1.165, 1.54) is 5.56 Å². The second-order valence-corrected chi connectivity index (χ2v) is 7.01. The average Bonchev–Trinajstić information content (AvgIpc) is 2.73. The Morgan fingerprint density at radius 3 is 2.56 bits per heavy atom. The summed E-state index contributed by atoms with van der Waals surface area (Å²) >= 11 is 0. The van der Waals surface area contributed by atoms with Crippen LogP contribution in [0.5, 0.6) is 0 Å². The molecule has 4 heteroatoms. The maximum Gasteiger partial charge on any atom is 0.214 e. The van der Waals surface area contributed by atoms with Crippen molar-refractivity contribution in [3.63, 3.8) is 0 Å². The van der Waals surface area contributed by atoms with Gasteiger partial charge in [0.2, 0.25) is 10.0 Å². The molecule has 1 aliphatic rings. The van der Waals surface area contributed by atoms with E-state index in [9.17, 15) is 8.42 Å². The molecule has 1 fully saturated rings. The minimum atomic E-state index is -3.07. The SMILES string of the molecule is CCCS(=O)(=O)N1CCC(c2ccccc2)C1C. The molecule has 0 bridgehead atoms. The standard InChI is InChI=1S/C14H21NO2S/c1-3-11-18(16,17)15-10-9-14(12(15)2)13-7-5-4-6-8-13/h4-8,12,14H,3,9-11H2,1-2H3. The van der Waals surface area contributed by atoms with Gasteiger partial charge in [-0.1, -0.05) is 37.3 Å². The number of hydrogen-bond donors (Lipinski definition) is 0. The lowest BCUT2D eigenvalue weighted by Crippen LogP contribution is -2.36. The summed E-state index contributed by atoms with van der Waals surface area (Å²) in [5.41, 5.74) is 1.25. The van der Waals surface area contributed by atoms with Crippen LogP contribution in [0.25, 0.3) is 0 Å². The number of benzene rings is 1. The minimum Gasteiger partial charge on any atom is -0.212 e. The van der Waals surface area contributed by atoms with Crippen molar-refractivity contribution in [1.29, 1.82) is 0 Å². The van der Waals surface area contributed by atoms with Crippen molar-refractivity contribution in [3.05, 3.63) is 35.9 Å². The van der Waals surface area contributed by atoms with Crippen LogP contribution in [0.4, 0.5) is 0 Å². The summed E-state index contributed by atoms with van der Waals surface area (Å²) in [4.78, 5) is 0. The van der Waals surface area contributed by atoms with Crippen LogP contribution in [0.2, 0.25) is 0 Å². The van der Waals surface area contributed by atoms with Crippen molar-refractivity contribution in [1.82, 2.24) is 4.31 Å². The molecular weight excluding hydrogens is 246 g/mol. The molecule has 100 valence electrons. The molecule has 1 saturated heterocycles. The summed E-state index contributed by atoms with van der Waals surface area (Å²) in [5.74, 6) is 0.594. The number of rotatable bonds is 4. The Hall–Kier alpha value is -0.870. The fourth-order valence-electron chi connectivity index (χ4n) is 2.82. The van der Waals surface area contributed by atoms with E-state index in [4.69, 9.17) is 0 Å². The summed E-state index contributed by atoms with van der Waals surface area (Å²) in [6.45, 7) is 4.59. The molecule has 0 radical (unpaired) electrons. The highest BCUT2D eigenvalue weighted by Gasteiger charge is 2.37. The number of hydrogen-bond acceptors (Lipinski definition) is 2. The second kappa shape index (κ2) is 5.41. The molecule has 18 heavy (non-hydrogen) atoms. The van der Waals surface area contributed by atoms with Crippen LogP contribution in [-0.4, -0.2) is 31.1 Å². The fraction of sp³-hybridized carbons (Fsp3) is 0.571. The Labute approximate surface area is 110 Å². The van der Waals surface area contributed by atoms with Gasteiger partial charge in [-0.2, -0.15) is 4.31 Å².